The first kappa shape index (κ1) is 24.7. The van der Waals surface area contributed by atoms with Gasteiger partial charge in [0.05, 0.1) is 0 Å². The van der Waals surface area contributed by atoms with Gasteiger partial charge in [0.25, 0.3) is 0 Å². The fourth-order valence-corrected chi connectivity index (χ4v) is 3.10. The van der Waals surface area contributed by atoms with E-state index in [9.17, 15) is 9.59 Å². The molecule has 4 heteroatoms. The molecule has 4 nitrogen and oxygen atoms in total. The maximum atomic E-state index is 12.2. The first-order valence-electron chi connectivity index (χ1n) is 10.8. The molecule has 26 heavy (non-hydrogen) atoms. The maximum Gasteiger partial charge on any atom is 0.328 e. The number of nitrogens with zero attached hydrogens (tertiary/aromatic N) is 1. The van der Waals surface area contributed by atoms with E-state index in [0.717, 1.165) is 44.8 Å². The molecule has 0 unspecified atom stereocenters. The largest absolute Gasteiger partial charge is 0.478 e. The van der Waals surface area contributed by atoms with Crippen molar-refractivity contribution < 1.29 is 14.7 Å². The zero-order chi connectivity index (χ0) is 19.5. The number of hydrogen-bond acceptors (Lipinski definition) is 2. The molecule has 0 aromatic rings. The van der Waals surface area contributed by atoms with E-state index >= 15 is 0 Å². The Kier molecular flexibility index (Phi) is 17.5. The Morgan fingerprint density at radius 2 is 1.04 bits per heavy atom. The third-order valence-electron chi connectivity index (χ3n) is 4.74. The van der Waals surface area contributed by atoms with E-state index in [-0.39, 0.29) is 5.91 Å². The predicted octanol–water partition coefficient (Wildman–Crippen LogP) is 5.96. The standard InChI is InChI=1S/C22H41NO3/c1-3-5-7-9-11-13-15-19-23(21(24)17-18-22(25)26)20-16-14-12-10-8-6-4-2/h17-18H,3-16,19-20H2,1-2H3,(H,25,26)/b18-17+. The van der Waals surface area contributed by atoms with Crippen LogP contribution in [0.3, 0.4) is 0 Å². The van der Waals surface area contributed by atoms with Gasteiger partial charge in [-0.3, -0.25) is 4.79 Å². The number of carboxylic acid groups (broad SMARTS) is 1. The molecule has 1 amide bonds. The molecule has 0 heterocycles. The average Bonchev–Trinajstić information content (AvgIpc) is 2.62. The van der Waals surface area contributed by atoms with E-state index < -0.39 is 5.97 Å². The van der Waals surface area contributed by atoms with Crippen LogP contribution in [0, 0.1) is 0 Å². The van der Waals surface area contributed by atoms with Crippen LogP contribution in [0.15, 0.2) is 12.2 Å². The lowest BCUT2D eigenvalue weighted by molar-refractivity contribution is -0.132. The highest BCUT2D eigenvalue weighted by Crippen LogP contribution is 2.10. The van der Waals surface area contributed by atoms with Gasteiger partial charge in [-0.15, -0.1) is 0 Å². The Morgan fingerprint density at radius 3 is 1.42 bits per heavy atom. The van der Waals surface area contributed by atoms with Gasteiger partial charge in [-0.25, -0.2) is 4.79 Å². The summed E-state index contributed by atoms with van der Waals surface area (Å²) in [5.41, 5.74) is 0. The molecular formula is C22H41NO3. The molecule has 0 radical (unpaired) electrons. The Morgan fingerprint density at radius 1 is 0.654 bits per heavy atom. The lowest BCUT2D eigenvalue weighted by atomic mass is 10.1. The Balaban J connectivity index is 4.09. The quantitative estimate of drug-likeness (QED) is 0.240. The van der Waals surface area contributed by atoms with Crippen LogP contribution < -0.4 is 0 Å². The van der Waals surface area contributed by atoms with Crippen LogP contribution >= 0.6 is 0 Å². The molecule has 0 aromatic carbocycles. The summed E-state index contributed by atoms with van der Waals surface area (Å²) < 4.78 is 0. The number of carbonyl (C=O) groups is 2. The van der Waals surface area contributed by atoms with Crippen molar-refractivity contribution in [1.29, 1.82) is 0 Å². The van der Waals surface area contributed by atoms with Gasteiger partial charge in [-0.2, -0.15) is 0 Å². The highest BCUT2D eigenvalue weighted by Gasteiger charge is 2.10. The van der Waals surface area contributed by atoms with Crippen LogP contribution in [0.4, 0.5) is 0 Å². The molecule has 0 bridgehead atoms. The summed E-state index contributed by atoms with van der Waals surface area (Å²) in [7, 11) is 0. The first-order valence-corrected chi connectivity index (χ1v) is 10.8. The highest BCUT2D eigenvalue weighted by molar-refractivity contribution is 5.93. The SMILES string of the molecule is CCCCCCCCCN(CCCCCCCCC)C(=O)/C=C/C(=O)O. The summed E-state index contributed by atoms with van der Waals surface area (Å²) in [5.74, 6) is -1.23. The predicted molar refractivity (Wildman–Crippen MR) is 109 cm³/mol. The average molecular weight is 368 g/mol. The van der Waals surface area contributed by atoms with E-state index in [4.69, 9.17) is 5.11 Å². The Labute approximate surface area is 161 Å². The summed E-state index contributed by atoms with van der Waals surface area (Å²) in [6.45, 7) is 5.93. The molecule has 0 aliphatic carbocycles. The summed E-state index contributed by atoms with van der Waals surface area (Å²) >= 11 is 0. The van der Waals surface area contributed by atoms with Gasteiger partial charge in [-0.1, -0.05) is 90.9 Å². The molecule has 0 rings (SSSR count). The third kappa shape index (κ3) is 16.2. The molecule has 0 saturated heterocycles. The second-order valence-corrected chi connectivity index (χ2v) is 7.24. The number of hydrogen-bond donors (Lipinski definition) is 1. The molecule has 0 fully saturated rings. The van der Waals surface area contributed by atoms with Crippen LogP contribution in [-0.2, 0) is 9.59 Å². The zero-order valence-corrected chi connectivity index (χ0v) is 17.2. The molecule has 0 aliphatic heterocycles. The zero-order valence-electron chi connectivity index (χ0n) is 17.2. The molecule has 0 aromatic heterocycles. The van der Waals surface area contributed by atoms with Crippen molar-refractivity contribution in [2.75, 3.05) is 13.1 Å². The molecule has 0 saturated carbocycles. The second kappa shape index (κ2) is 18.5. The fourth-order valence-electron chi connectivity index (χ4n) is 3.10. The van der Waals surface area contributed by atoms with Crippen molar-refractivity contribution in [3.8, 4) is 0 Å². The van der Waals surface area contributed by atoms with Crippen molar-refractivity contribution >= 4 is 11.9 Å². The normalized spacial score (nSPS) is 11.2. The topological polar surface area (TPSA) is 57.6 Å². The smallest absolute Gasteiger partial charge is 0.328 e. The monoisotopic (exact) mass is 367 g/mol. The van der Waals surface area contributed by atoms with Crippen molar-refractivity contribution in [1.82, 2.24) is 4.90 Å². The minimum absolute atomic E-state index is 0.163. The van der Waals surface area contributed by atoms with Gasteiger partial charge in [-0.05, 0) is 12.8 Å². The Bertz CT molecular complexity index is 362. The number of aliphatic carboxylic acids is 1. The molecular weight excluding hydrogens is 326 g/mol. The lowest BCUT2D eigenvalue weighted by Gasteiger charge is -2.21. The molecule has 1 N–H and O–H groups in total. The van der Waals surface area contributed by atoms with Crippen molar-refractivity contribution in [2.45, 2.75) is 104 Å². The van der Waals surface area contributed by atoms with E-state index in [1.807, 2.05) is 4.90 Å². The molecule has 152 valence electrons. The number of rotatable bonds is 18. The van der Waals surface area contributed by atoms with Crippen molar-refractivity contribution in [3.63, 3.8) is 0 Å². The van der Waals surface area contributed by atoms with Gasteiger partial charge in [0.1, 0.15) is 0 Å². The van der Waals surface area contributed by atoms with Crippen LogP contribution in [0.5, 0.6) is 0 Å². The summed E-state index contributed by atoms with van der Waals surface area (Å²) in [6, 6.07) is 0. The van der Waals surface area contributed by atoms with Gasteiger partial charge < -0.3 is 10.0 Å². The Hall–Kier alpha value is -1.32. The van der Waals surface area contributed by atoms with Crippen LogP contribution in [0.1, 0.15) is 104 Å². The summed E-state index contributed by atoms with van der Waals surface area (Å²) in [6.07, 6.45) is 19.2. The van der Waals surface area contributed by atoms with Crippen molar-refractivity contribution in [2.24, 2.45) is 0 Å². The number of carbonyl (C=O) groups excluding carboxylic acids is 1. The molecule has 0 spiro atoms. The van der Waals surface area contributed by atoms with Gasteiger partial charge >= 0.3 is 5.97 Å². The lowest BCUT2D eigenvalue weighted by Crippen LogP contribution is -2.31. The fraction of sp³-hybridized carbons (Fsp3) is 0.818. The summed E-state index contributed by atoms with van der Waals surface area (Å²) in [5, 5.41) is 8.72. The minimum Gasteiger partial charge on any atom is -0.478 e. The molecule has 0 atom stereocenters. The van der Waals surface area contributed by atoms with E-state index in [1.54, 1.807) is 0 Å². The highest BCUT2D eigenvalue weighted by atomic mass is 16.4. The van der Waals surface area contributed by atoms with Crippen LogP contribution in [-0.4, -0.2) is 35.0 Å². The number of unbranched alkanes of at least 4 members (excludes halogenated alkanes) is 12. The van der Waals surface area contributed by atoms with Gasteiger partial charge in [0.2, 0.25) is 5.91 Å². The maximum absolute atomic E-state index is 12.2. The van der Waals surface area contributed by atoms with Crippen LogP contribution in [0.25, 0.3) is 0 Å². The van der Waals surface area contributed by atoms with Gasteiger partial charge in [0, 0.05) is 25.2 Å². The van der Waals surface area contributed by atoms with E-state index in [2.05, 4.69) is 13.8 Å². The number of amides is 1. The van der Waals surface area contributed by atoms with Crippen molar-refractivity contribution in [3.05, 3.63) is 12.2 Å². The van der Waals surface area contributed by atoms with E-state index in [1.165, 1.54) is 70.3 Å². The number of carboxylic acids is 1. The van der Waals surface area contributed by atoms with E-state index in [0.29, 0.717) is 0 Å². The molecule has 0 aliphatic rings. The third-order valence-corrected chi connectivity index (χ3v) is 4.74. The minimum atomic E-state index is -1.06. The van der Waals surface area contributed by atoms with Gasteiger partial charge in [0.15, 0.2) is 0 Å². The second-order valence-electron chi connectivity index (χ2n) is 7.24. The summed E-state index contributed by atoms with van der Waals surface area (Å²) in [4.78, 5) is 24.7. The first-order chi connectivity index (χ1) is 12.6. The van der Waals surface area contributed by atoms with Crippen LogP contribution in [0.2, 0.25) is 0 Å².